The van der Waals surface area contributed by atoms with Crippen LogP contribution in [-0.2, 0) is 0 Å². The number of nitrogens with zero attached hydrogens (tertiary/aromatic N) is 12. The molecule has 0 radical (unpaired) electrons. The molecule has 4 aliphatic heterocycles. The van der Waals surface area contributed by atoms with Gasteiger partial charge in [0.25, 0.3) is 0 Å². The normalized spacial score (nSPS) is 23.5. The quantitative estimate of drug-likeness (QED) is 0.0842. The predicted octanol–water partition coefficient (Wildman–Crippen LogP) is 8.68. The van der Waals surface area contributed by atoms with Crippen LogP contribution in [0.4, 0.5) is 23.8 Å². The summed E-state index contributed by atoms with van der Waals surface area (Å²) in [6.07, 6.45) is 13.5. The molecule has 4 saturated heterocycles. The van der Waals surface area contributed by atoms with Gasteiger partial charge in [-0.3, -0.25) is 0 Å². The highest BCUT2D eigenvalue weighted by Gasteiger charge is 2.46. The maximum atomic E-state index is 5.62. The molecule has 2 aromatic heterocycles. The minimum Gasteiger partial charge on any atom is -0.338 e. The Kier molecular flexibility index (Phi) is 19.1. The average molecular weight is 1030 g/mol. The van der Waals surface area contributed by atoms with Crippen LogP contribution in [0.3, 0.4) is 0 Å². The minimum atomic E-state index is -0.0956. The topological polar surface area (TPSA) is 145 Å². The molecule has 6 heterocycles. The highest BCUT2D eigenvalue weighted by atomic mass is 15.4. The Morgan fingerprint density at radius 2 is 0.541 bits per heavy atom. The van der Waals surface area contributed by atoms with Crippen LogP contribution in [0.25, 0.3) is 0 Å². The summed E-state index contributed by atoms with van der Waals surface area (Å²) in [5.41, 5.74) is -0.506. The fourth-order valence-electron chi connectivity index (χ4n) is 15.1. The molecule has 0 aromatic carbocycles. The van der Waals surface area contributed by atoms with Gasteiger partial charge in [-0.2, -0.15) is 9.97 Å². The maximum Gasteiger partial charge on any atom is 0.230 e. The summed E-state index contributed by atoms with van der Waals surface area (Å²) in [6.45, 7) is 56.2. The Hall–Kier alpha value is -3.02. The van der Waals surface area contributed by atoms with E-state index in [-0.39, 0.29) is 68.5 Å². The number of hydrogen-bond acceptors (Lipinski definition) is 16. The SMILES string of the molecule is CCN(CC)CCCN(c1ncnc(N(CCN(c2ncnc(N(CCCN(CC)CC)C3CC(C)(C)NC(C)(C)C3)n2)C2CC(C)(C)NC(C)(C)C2)C2CC(C)(C)NC(C)(C)C2)n1)C1CC(C)(C)NC(C)(C)C1. The first-order valence-electron chi connectivity index (χ1n) is 29.3. The number of aromatic nitrogens is 6. The molecule has 74 heavy (non-hydrogen) atoms. The van der Waals surface area contributed by atoms with Crippen molar-refractivity contribution in [3.63, 3.8) is 0 Å². The van der Waals surface area contributed by atoms with Crippen molar-refractivity contribution >= 4 is 23.8 Å². The van der Waals surface area contributed by atoms with Gasteiger partial charge in [0.1, 0.15) is 12.7 Å². The first-order valence-corrected chi connectivity index (χ1v) is 29.3. The molecule has 4 aliphatic rings. The van der Waals surface area contributed by atoms with Gasteiger partial charge in [0.15, 0.2) is 0 Å². The smallest absolute Gasteiger partial charge is 0.230 e. The molecule has 16 nitrogen and oxygen atoms in total. The molecule has 0 spiro atoms. The summed E-state index contributed by atoms with van der Waals surface area (Å²) in [7, 11) is 0. The van der Waals surface area contributed by atoms with E-state index >= 15 is 0 Å². The molecule has 0 aliphatic carbocycles. The van der Waals surface area contributed by atoms with Crippen molar-refractivity contribution in [2.45, 2.75) is 271 Å². The van der Waals surface area contributed by atoms with Gasteiger partial charge < -0.3 is 50.7 Å². The van der Waals surface area contributed by atoms with Crippen molar-refractivity contribution in [3.05, 3.63) is 12.7 Å². The molecule has 2 aromatic rings. The molecule has 16 heteroatoms. The van der Waals surface area contributed by atoms with Crippen LogP contribution in [0.15, 0.2) is 12.7 Å². The first-order chi connectivity index (χ1) is 34.3. The second-order valence-corrected chi connectivity index (χ2v) is 28.5. The fourth-order valence-corrected chi connectivity index (χ4v) is 15.1. The predicted molar refractivity (Wildman–Crippen MR) is 311 cm³/mol. The van der Waals surface area contributed by atoms with Crippen LogP contribution >= 0.6 is 0 Å². The molecular formula is C58H110N16. The number of anilines is 4. The Balaban J connectivity index is 1.44. The first kappa shape index (κ1) is 60.2. The lowest BCUT2D eigenvalue weighted by molar-refractivity contribution is 0.153. The lowest BCUT2D eigenvalue weighted by atomic mass is 9.78. The third-order valence-corrected chi connectivity index (χ3v) is 16.7. The molecule has 0 bridgehead atoms. The summed E-state index contributed by atoms with van der Waals surface area (Å²) < 4.78 is 0. The summed E-state index contributed by atoms with van der Waals surface area (Å²) in [4.78, 5) is 46.9. The maximum absolute atomic E-state index is 5.62. The molecule has 4 N–H and O–H groups in total. The zero-order valence-electron chi connectivity index (χ0n) is 51.0. The van der Waals surface area contributed by atoms with Crippen LogP contribution in [0, 0.1) is 0 Å². The Morgan fingerprint density at radius 3 is 0.743 bits per heavy atom. The lowest BCUT2D eigenvalue weighted by Crippen LogP contribution is -2.64. The summed E-state index contributed by atoms with van der Waals surface area (Å²) in [5.74, 6) is 3.09. The van der Waals surface area contributed by atoms with Gasteiger partial charge in [-0.25, -0.2) is 19.9 Å². The van der Waals surface area contributed by atoms with Crippen molar-refractivity contribution in [2.24, 2.45) is 0 Å². The number of hydrogen-bond donors (Lipinski definition) is 4. The van der Waals surface area contributed by atoms with Crippen LogP contribution in [0.2, 0.25) is 0 Å². The van der Waals surface area contributed by atoms with Gasteiger partial charge >= 0.3 is 0 Å². The molecule has 0 amide bonds. The standard InChI is InChI=1S/C58H110N16/c1-21-69(22-2)27-25-29-71(43-33-51(5,6)65-52(7,8)34-43)47-59-41-61-49(63-47)73(45-37-55(13,14)67-56(15,16)38-45)31-32-74(46-39-57(17,18)68-58(19,20)40-46)50-62-42-60-48(64-50)72(30-26-28-70(23-3)24-4)44-35-53(9,10)66-54(11,12)36-44/h41-46,65-68H,21-40H2,1-20H3. The lowest BCUT2D eigenvalue weighted by Gasteiger charge is -2.51. The highest BCUT2D eigenvalue weighted by molar-refractivity contribution is 5.44. The molecule has 6 rings (SSSR count). The molecule has 4 fully saturated rings. The summed E-state index contributed by atoms with van der Waals surface area (Å²) >= 11 is 0. The van der Waals surface area contributed by atoms with Gasteiger partial charge in [0.2, 0.25) is 23.8 Å². The molecule has 0 saturated carbocycles. The van der Waals surface area contributed by atoms with Gasteiger partial charge in [0, 0.05) is 94.7 Å². The molecule has 0 unspecified atom stereocenters. The largest absolute Gasteiger partial charge is 0.338 e. The second kappa shape index (κ2) is 23.5. The third kappa shape index (κ3) is 16.7. The minimum absolute atomic E-state index is 0.0308. The van der Waals surface area contributed by atoms with Crippen molar-refractivity contribution in [1.82, 2.24) is 61.0 Å². The van der Waals surface area contributed by atoms with Crippen molar-refractivity contribution in [2.75, 3.05) is 85.0 Å². The number of nitrogens with one attached hydrogen (secondary N) is 4. The summed E-state index contributed by atoms with van der Waals surface area (Å²) in [6, 6.07) is 0.901. The van der Waals surface area contributed by atoms with Gasteiger partial charge in [-0.1, -0.05) is 27.7 Å². The monoisotopic (exact) mass is 1030 g/mol. The zero-order valence-corrected chi connectivity index (χ0v) is 51.0. The van der Waals surface area contributed by atoms with E-state index in [9.17, 15) is 0 Å². The Labute approximate surface area is 452 Å². The average Bonchev–Trinajstić information content (AvgIpc) is 3.24. The van der Waals surface area contributed by atoms with Gasteiger partial charge in [-0.05, 0) is 214 Å². The Morgan fingerprint density at radius 1 is 0.338 bits per heavy atom. The number of rotatable bonds is 23. The summed E-state index contributed by atoms with van der Waals surface area (Å²) in [5, 5.41) is 15.9. The van der Waals surface area contributed by atoms with E-state index < -0.39 is 0 Å². The third-order valence-electron chi connectivity index (χ3n) is 16.7. The zero-order chi connectivity index (χ0) is 54.7. The van der Waals surface area contributed by atoms with E-state index in [1.807, 2.05) is 0 Å². The van der Waals surface area contributed by atoms with E-state index in [1.165, 1.54) is 0 Å². The van der Waals surface area contributed by atoms with Gasteiger partial charge in [0.05, 0.1) is 0 Å². The van der Waals surface area contributed by atoms with Crippen LogP contribution in [-0.4, -0.2) is 174 Å². The van der Waals surface area contributed by atoms with Gasteiger partial charge in [-0.15, -0.1) is 0 Å². The van der Waals surface area contributed by atoms with Crippen molar-refractivity contribution in [1.29, 1.82) is 0 Å². The Bertz CT molecular complexity index is 1860. The molecular weight excluding hydrogens is 921 g/mol. The van der Waals surface area contributed by atoms with Crippen molar-refractivity contribution in [3.8, 4) is 0 Å². The fraction of sp³-hybridized carbons (Fsp3) is 0.897. The van der Waals surface area contributed by atoms with E-state index in [4.69, 9.17) is 29.9 Å². The van der Waals surface area contributed by atoms with Crippen LogP contribution < -0.4 is 40.9 Å². The second-order valence-electron chi connectivity index (χ2n) is 28.5. The van der Waals surface area contributed by atoms with Crippen LogP contribution in [0.5, 0.6) is 0 Å². The molecule has 0 atom stereocenters. The number of piperidine rings is 4. The van der Waals surface area contributed by atoms with Crippen LogP contribution in [0.1, 0.15) is 203 Å². The van der Waals surface area contributed by atoms with E-state index in [0.29, 0.717) is 13.1 Å². The van der Waals surface area contributed by atoms with Crippen molar-refractivity contribution < 1.29 is 0 Å². The van der Waals surface area contributed by atoms with E-state index in [1.54, 1.807) is 12.7 Å². The van der Waals surface area contributed by atoms with E-state index in [0.717, 1.165) is 140 Å². The highest BCUT2D eigenvalue weighted by Crippen LogP contribution is 2.39. The van der Waals surface area contributed by atoms with E-state index in [2.05, 4.69) is 189 Å². The molecule has 422 valence electrons.